The molecule has 2 fully saturated rings. The smallest absolute Gasteiger partial charge is 0.236 e. The average Bonchev–Trinajstić information content (AvgIpc) is 2.63. The lowest BCUT2D eigenvalue weighted by Gasteiger charge is -2.38. The highest BCUT2D eigenvalue weighted by Crippen LogP contribution is 2.18. The Morgan fingerprint density at radius 3 is 2.42 bits per heavy atom. The molecule has 2 aliphatic heterocycles. The van der Waals surface area contributed by atoms with Crippen LogP contribution in [-0.2, 0) is 9.59 Å². The van der Waals surface area contributed by atoms with Gasteiger partial charge < -0.3 is 15.5 Å². The molecular formula is C18H26N4O2. The molecule has 6 nitrogen and oxygen atoms in total. The number of piperidine rings is 1. The van der Waals surface area contributed by atoms with Gasteiger partial charge in [-0.3, -0.25) is 14.5 Å². The molecule has 2 N–H and O–H groups in total. The van der Waals surface area contributed by atoms with Crippen molar-refractivity contribution in [3.8, 4) is 0 Å². The zero-order valence-electron chi connectivity index (χ0n) is 14.1. The highest BCUT2D eigenvalue weighted by molar-refractivity contribution is 5.79. The van der Waals surface area contributed by atoms with Crippen molar-refractivity contribution in [2.75, 3.05) is 50.7 Å². The lowest BCUT2D eigenvalue weighted by atomic mass is 9.97. The van der Waals surface area contributed by atoms with Crippen LogP contribution in [0.25, 0.3) is 0 Å². The second kappa shape index (κ2) is 7.66. The first-order chi connectivity index (χ1) is 11.6. The van der Waals surface area contributed by atoms with Gasteiger partial charge in [0.05, 0.1) is 12.5 Å². The minimum atomic E-state index is -0.247. The van der Waals surface area contributed by atoms with E-state index in [2.05, 4.69) is 21.9 Å². The zero-order chi connectivity index (χ0) is 16.9. The number of anilines is 1. The molecule has 0 aromatic heterocycles. The van der Waals surface area contributed by atoms with Crippen LogP contribution in [0.4, 0.5) is 5.69 Å². The second-order valence-electron chi connectivity index (χ2n) is 6.68. The molecule has 130 valence electrons. The van der Waals surface area contributed by atoms with E-state index in [1.165, 1.54) is 5.69 Å². The Labute approximate surface area is 143 Å². The second-order valence-corrected chi connectivity index (χ2v) is 6.68. The van der Waals surface area contributed by atoms with E-state index in [0.29, 0.717) is 13.1 Å². The fraction of sp³-hybridized carbons (Fsp3) is 0.556. The number of para-hydroxylation sites is 1. The van der Waals surface area contributed by atoms with E-state index < -0.39 is 0 Å². The monoisotopic (exact) mass is 330 g/mol. The summed E-state index contributed by atoms with van der Waals surface area (Å²) in [6.07, 6.45) is 1.78. The van der Waals surface area contributed by atoms with Gasteiger partial charge in [-0.2, -0.15) is 0 Å². The van der Waals surface area contributed by atoms with Gasteiger partial charge in [0.15, 0.2) is 0 Å². The van der Waals surface area contributed by atoms with E-state index >= 15 is 0 Å². The average molecular weight is 330 g/mol. The van der Waals surface area contributed by atoms with E-state index in [1.807, 2.05) is 23.1 Å². The van der Waals surface area contributed by atoms with Gasteiger partial charge >= 0.3 is 0 Å². The Bertz CT molecular complexity index is 570. The summed E-state index contributed by atoms with van der Waals surface area (Å²) in [5.41, 5.74) is 6.62. The maximum absolute atomic E-state index is 12.5. The largest absolute Gasteiger partial charge is 0.369 e. The molecule has 1 aromatic rings. The predicted octanol–water partition coefficient (Wildman–Crippen LogP) is 0.533. The van der Waals surface area contributed by atoms with Gasteiger partial charge in [-0.15, -0.1) is 0 Å². The van der Waals surface area contributed by atoms with Crippen LogP contribution < -0.4 is 10.6 Å². The van der Waals surface area contributed by atoms with Gasteiger partial charge in [-0.25, -0.2) is 0 Å². The Kier molecular flexibility index (Phi) is 5.35. The molecule has 0 bridgehead atoms. The van der Waals surface area contributed by atoms with Crippen LogP contribution in [0.5, 0.6) is 0 Å². The maximum Gasteiger partial charge on any atom is 0.236 e. The molecule has 0 radical (unpaired) electrons. The molecule has 3 rings (SSSR count). The number of benzene rings is 1. The summed E-state index contributed by atoms with van der Waals surface area (Å²) in [4.78, 5) is 30.2. The topological polar surface area (TPSA) is 69.9 Å². The Hall–Kier alpha value is -2.08. The van der Waals surface area contributed by atoms with Crippen LogP contribution in [-0.4, -0.2) is 67.4 Å². The van der Waals surface area contributed by atoms with Crippen LogP contribution in [0.15, 0.2) is 30.3 Å². The third kappa shape index (κ3) is 4.06. The molecular weight excluding hydrogens is 304 g/mol. The molecule has 24 heavy (non-hydrogen) atoms. The van der Waals surface area contributed by atoms with Crippen molar-refractivity contribution in [3.05, 3.63) is 30.3 Å². The molecule has 2 saturated heterocycles. The van der Waals surface area contributed by atoms with Crippen LogP contribution >= 0.6 is 0 Å². The molecule has 2 heterocycles. The number of nitrogens with zero attached hydrogens (tertiary/aromatic N) is 3. The molecule has 2 amide bonds. The highest BCUT2D eigenvalue weighted by atomic mass is 16.2. The third-order valence-electron chi connectivity index (χ3n) is 5.02. The number of carbonyl (C=O) groups excluding carboxylic acids is 2. The molecule has 1 aromatic carbocycles. The third-order valence-corrected chi connectivity index (χ3v) is 5.02. The van der Waals surface area contributed by atoms with Gasteiger partial charge in [-0.05, 0) is 31.5 Å². The summed E-state index contributed by atoms with van der Waals surface area (Å²) in [5, 5.41) is 0. The van der Waals surface area contributed by atoms with Gasteiger partial charge in [0.25, 0.3) is 0 Å². The summed E-state index contributed by atoms with van der Waals surface area (Å²) >= 11 is 0. The molecule has 6 heteroatoms. The minimum Gasteiger partial charge on any atom is -0.369 e. The van der Waals surface area contributed by atoms with Gasteiger partial charge in [0.1, 0.15) is 0 Å². The van der Waals surface area contributed by atoms with Crippen molar-refractivity contribution in [2.45, 2.75) is 12.8 Å². The number of rotatable bonds is 4. The van der Waals surface area contributed by atoms with E-state index in [1.54, 1.807) is 0 Å². The van der Waals surface area contributed by atoms with E-state index in [0.717, 1.165) is 45.6 Å². The lowest BCUT2D eigenvalue weighted by Crippen LogP contribution is -2.52. The van der Waals surface area contributed by atoms with Gasteiger partial charge in [0, 0.05) is 38.4 Å². The first-order valence-electron chi connectivity index (χ1n) is 8.73. The van der Waals surface area contributed by atoms with Crippen LogP contribution in [0, 0.1) is 5.92 Å². The van der Waals surface area contributed by atoms with Gasteiger partial charge in [-0.1, -0.05) is 18.2 Å². The number of piperazine rings is 1. The Morgan fingerprint density at radius 1 is 1.04 bits per heavy atom. The number of nitrogens with two attached hydrogens (primary N) is 1. The first-order valence-corrected chi connectivity index (χ1v) is 8.73. The Balaban J connectivity index is 1.48. The lowest BCUT2D eigenvalue weighted by molar-refractivity contribution is -0.134. The standard InChI is InChI=1S/C18H26N4O2/c19-18(24)15-5-4-8-20(13-15)14-17(23)22-11-9-21(10-12-22)16-6-2-1-3-7-16/h1-3,6-7,15H,4-5,8-14H2,(H2,19,24)/t15-/m0/s1. The SMILES string of the molecule is NC(=O)[C@H]1CCCN(CC(=O)N2CCN(c3ccccc3)CC2)C1. The predicted molar refractivity (Wildman–Crippen MR) is 93.6 cm³/mol. The summed E-state index contributed by atoms with van der Waals surface area (Å²) < 4.78 is 0. The molecule has 0 spiro atoms. The number of amides is 2. The molecule has 0 unspecified atom stereocenters. The van der Waals surface area contributed by atoms with Crippen LogP contribution in [0.2, 0.25) is 0 Å². The number of hydrogen-bond donors (Lipinski definition) is 1. The summed E-state index contributed by atoms with van der Waals surface area (Å²) in [5.74, 6) is -0.196. The van der Waals surface area contributed by atoms with Crippen molar-refractivity contribution in [3.63, 3.8) is 0 Å². The van der Waals surface area contributed by atoms with Crippen molar-refractivity contribution in [2.24, 2.45) is 11.7 Å². The number of likely N-dealkylation sites (tertiary alicyclic amines) is 1. The fourth-order valence-electron chi connectivity index (χ4n) is 3.58. The maximum atomic E-state index is 12.5. The van der Waals surface area contributed by atoms with Crippen LogP contribution in [0.3, 0.4) is 0 Å². The molecule has 2 aliphatic rings. The molecule has 0 saturated carbocycles. The summed E-state index contributed by atoms with van der Waals surface area (Å²) in [6.45, 7) is 5.11. The highest BCUT2D eigenvalue weighted by Gasteiger charge is 2.27. The number of hydrogen-bond acceptors (Lipinski definition) is 4. The quantitative estimate of drug-likeness (QED) is 0.874. The van der Waals surface area contributed by atoms with E-state index in [9.17, 15) is 9.59 Å². The summed E-state index contributed by atoms with van der Waals surface area (Å²) in [6, 6.07) is 10.3. The normalized spacial score (nSPS) is 22.4. The van der Waals surface area contributed by atoms with Crippen LogP contribution in [0.1, 0.15) is 12.8 Å². The van der Waals surface area contributed by atoms with E-state index in [4.69, 9.17) is 5.73 Å². The van der Waals surface area contributed by atoms with Crippen molar-refractivity contribution in [1.29, 1.82) is 0 Å². The van der Waals surface area contributed by atoms with Crippen molar-refractivity contribution < 1.29 is 9.59 Å². The Morgan fingerprint density at radius 2 is 1.75 bits per heavy atom. The molecule has 0 aliphatic carbocycles. The summed E-state index contributed by atoms with van der Waals surface area (Å²) in [7, 11) is 0. The zero-order valence-corrected chi connectivity index (χ0v) is 14.1. The van der Waals surface area contributed by atoms with Gasteiger partial charge in [0.2, 0.25) is 11.8 Å². The number of primary amides is 1. The van der Waals surface area contributed by atoms with E-state index in [-0.39, 0.29) is 17.7 Å². The first kappa shape index (κ1) is 16.8. The van der Waals surface area contributed by atoms with Crippen molar-refractivity contribution in [1.82, 2.24) is 9.80 Å². The number of carbonyl (C=O) groups is 2. The van der Waals surface area contributed by atoms with Crippen molar-refractivity contribution >= 4 is 17.5 Å². The minimum absolute atomic E-state index is 0.110. The molecule has 1 atom stereocenters. The fourth-order valence-corrected chi connectivity index (χ4v) is 3.58.